The highest BCUT2D eigenvalue weighted by molar-refractivity contribution is 5.95. The summed E-state index contributed by atoms with van der Waals surface area (Å²) in [7, 11) is 1.23. The Hall–Kier alpha value is -7.50. The monoisotopic (exact) mass is 1030 g/mol. The van der Waals surface area contributed by atoms with Crippen LogP contribution in [-0.2, 0) is 35.0 Å². The van der Waals surface area contributed by atoms with Gasteiger partial charge in [0.25, 0.3) is 0 Å². The molecule has 1 atom stereocenters. The van der Waals surface area contributed by atoms with E-state index in [1.807, 2.05) is 0 Å². The number of rotatable bonds is 10. The van der Waals surface area contributed by atoms with Crippen molar-refractivity contribution in [2.75, 3.05) is 13.7 Å². The largest absolute Gasteiger partial charge is 0.497 e. The molecule has 1 amide bonds. The van der Waals surface area contributed by atoms with Crippen LogP contribution in [0.4, 0.5) is 79.0 Å². The molecule has 0 spiro atoms. The maximum atomic E-state index is 17.3. The number of methoxy groups -OCH3 is 1. The molecule has 7 aromatic rings. The van der Waals surface area contributed by atoms with Crippen molar-refractivity contribution in [3.05, 3.63) is 212 Å². The van der Waals surface area contributed by atoms with Crippen molar-refractivity contribution in [2.45, 2.75) is 36.1 Å². The Balaban J connectivity index is 1.62. The summed E-state index contributed by atoms with van der Waals surface area (Å²) in [5.74, 6) is -40.9. The van der Waals surface area contributed by atoms with E-state index in [1.54, 1.807) is 0 Å². The number of carbonyl (C=O) groups is 1. The van der Waals surface area contributed by atoms with Crippen LogP contribution in [-0.4, -0.2) is 34.0 Å². The van der Waals surface area contributed by atoms with Gasteiger partial charge in [-0.3, -0.25) is 4.79 Å². The highest BCUT2D eigenvalue weighted by atomic mass is 19.4. The van der Waals surface area contributed by atoms with Gasteiger partial charge in [-0.05, 0) is 54.6 Å². The zero-order valence-electron chi connectivity index (χ0n) is 35.8. The lowest BCUT2D eigenvalue weighted by Crippen LogP contribution is -2.68. The Labute approximate surface area is 392 Å². The number of ether oxygens (including phenoxy) is 1. The molecule has 1 aromatic heterocycles. The zero-order valence-corrected chi connectivity index (χ0v) is 35.8. The van der Waals surface area contributed by atoms with E-state index in [9.17, 15) is 22.0 Å². The molecule has 0 fully saturated rings. The van der Waals surface area contributed by atoms with Gasteiger partial charge in [-0.25, -0.2) is 70.8 Å². The second-order valence-electron chi connectivity index (χ2n) is 16.2. The fourth-order valence-electron chi connectivity index (χ4n) is 9.18. The second kappa shape index (κ2) is 18.3. The standard InChI is InChI=1S/C48H26F18N4O2/c1-72-20-4-2-19(3-5-20)43-41-18-69(6-7-70(41)44(68-43)48(64,65)66)45(71)46(23-10-33(56)38(61)15-28(23)51,24-11-34(57)39(62)16-29(24)52)47(67,25-12-35(58)40(63)17-30(25)53)42(21-8-31(54)36(59)13-26(21)49)22-9-32(55)37(60)14-27(22)50/h2-5,8-17,42H,6-7,18,67H2,1H3. The van der Waals surface area contributed by atoms with E-state index in [1.165, 1.54) is 31.4 Å². The molecule has 2 heterocycles. The van der Waals surface area contributed by atoms with Crippen LogP contribution in [0.1, 0.15) is 45.3 Å². The Kier molecular flexibility index (Phi) is 12.9. The number of benzene rings is 6. The van der Waals surface area contributed by atoms with Crippen molar-refractivity contribution in [2.24, 2.45) is 5.73 Å². The SMILES string of the molecule is COc1ccc(-c2nc(C(F)(F)F)n3c2CN(C(=O)C(c2cc(F)c(F)cc2F)(c2cc(F)c(F)cc2F)C(N)(c2cc(F)c(F)cc2F)C(c2cc(F)c(F)cc2F)c2cc(F)c(F)cc2F)CC3)cc1. The molecule has 6 aromatic carbocycles. The molecule has 376 valence electrons. The number of carbonyl (C=O) groups excluding carboxylic acids is 1. The number of hydrogen-bond donors (Lipinski definition) is 1. The van der Waals surface area contributed by atoms with Crippen molar-refractivity contribution in [3.8, 4) is 17.0 Å². The minimum Gasteiger partial charge on any atom is -0.497 e. The molecule has 0 saturated carbocycles. The predicted molar refractivity (Wildman–Crippen MR) is 215 cm³/mol. The third-order valence-electron chi connectivity index (χ3n) is 12.3. The van der Waals surface area contributed by atoms with E-state index in [2.05, 4.69) is 4.98 Å². The van der Waals surface area contributed by atoms with Gasteiger partial charge in [0.05, 0.1) is 30.6 Å². The van der Waals surface area contributed by atoms with Gasteiger partial charge in [-0.1, -0.05) is 0 Å². The smallest absolute Gasteiger partial charge is 0.449 e. The zero-order chi connectivity index (χ0) is 52.7. The first-order chi connectivity index (χ1) is 33.7. The Morgan fingerprint density at radius 2 is 0.931 bits per heavy atom. The quantitative estimate of drug-likeness (QED) is 0.109. The van der Waals surface area contributed by atoms with Crippen molar-refractivity contribution >= 4 is 5.91 Å². The van der Waals surface area contributed by atoms with E-state index in [4.69, 9.17) is 10.5 Å². The van der Waals surface area contributed by atoms with Crippen molar-refractivity contribution < 1.29 is 88.6 Å². The van der Waals surface area contributed by atoms with Crippen LogP contribution in [0.2, 0.25) is 0 Å². The van der Waals surface area contributed by atoms with Crippen LogP contribution in [0.5, 0.6) is 5.75 Å². The third-order valence-corrected chi connectivity index (χ3v) is 12.3. The highest BCUT2D eigenvalue weighted by Crippen LogP contribution is 2.59. The average Bonchev–Trinajstić information content (AvgIpc) is 3.71. The van der Waals surface area contributed by atoms with Crippen molar-refractivity contribution in [1.29, 1.82) is 0 Å². The first-order valence-electron chi connectivity index (χ1n) is 20.4. The van der Waals surface area contributed by atoms with Gasteiger partial charge in [0.15, 0.2) is 58.2 Å². The summed E-state index contributed by atoms with van der Waals surface area (Å²) in [6, 6.07) is 1.18. The van der Waals surface area contributed by atoms with Crippen molar-refractivity contribution in [1.82, 2.24) is 14.5 Å². The number of imidazole rings is 1. The summed E-state index contributed by atoms with van der Waals surface area (Å²) in [6.45, 7) is -3.61. The molecule has 0 aliphatic carbocycles. The third kappa shape index (κ3) is 8.13. The minimum atomic E-state index is -5.30. The Morgan fingerprint density at radius 1 is 0.542 bits per heavy atom. The number of nitrogens with zero attached hydrogens (tertiary/aromatic N) is 3. The van der Waals surface area contributed by atoms with Gasteiger partial charge in [0, 0.05) is 82.7 Å². The summed E-state index contributed by atoms with van der Waals surface area (Å²) >= 11 is 0. The van der Waals surface area contributed by atoms with Crippen LogP contribution in [0, 0.1) is 87.3 Å². The maximum absolute atomic E-state index is 17.3. The summed E-state index contributed by atoms with van der Waals surface area (Å²) < 4.78 is 288. The average molecular weight is 1030 g/mol. The molecule has 1 aliphatic heterocycles. The number of fused-ring (bicyclic) bond motifs is 1. The normalized spacial score (nSPS) is 13.9. The van der Waals surface area contributed by atoms with Gasteiger partial charge in [-0.2, -0.15) is 13.2 Å². The van der Waals surface area contributed by atoms with Crippen LogP contribution in [0.25, 0.3) is 11.3 Å². The molecule has 0 radical (unpaired) electrons. The second-order valence-corrected chi connectivity index (χ2v) is 16.2. The lowest BCUT2D eigenvalue weighted by atomic mass is 9.51. The lowest BCUT2D eigenvalue weighted by molar-refractivity contribution is -0.148. The summed E-state index contributed by atoms with van der Waals surface area (Å²) in [5.41, 5.74) is -13.1. The number of halogens is 18. The maximum Gasteiger partial charge on any atom is 0.449 e. The van der Waals surface area contributed by atoms with E-state index in [-0.39, 0.29) is 58.7 Å². The molecule has 24 heteroatoms. The molecule has 0 bridgehead atoms. The highest BCUT2D eigenvalue weighted by Gasteiger charge is 2.67. The minimum absolute atomic E-state index is 0.153. The first-order valence-corrected chi connectivity index (χ1v) is 20.4. The molecule has 0 saturated heterocycles. The molecule has 6 nitrogen and oxygen atoms in total. The van der Waals surface area contributed by atoms with Crippen LogP contribution in [0.15, 0.2) is 84.9 Å². The van der Waals surface area contributed by atoms with Gasteiger partial charge in [-0.15, -0.1) is 0 Å². The summed E-state index contributed by atoms with van der Waals surface area (Å²) in [6.07, 6.45) is -5.30. The number of amides is 1. The van der Waals surface area contributed by atoms with E-state index in [0.717, 1.165) is 0 Å². The van der Waals surface area contributed by atoms with E-state index < -0.39 is 199 Å². The van der Waals surface area contributed by atoms with E-state index >= 15 is 61.9 Å². The molecular formula is C48H26F18N4O2. The molecule has 1 unspecified atom stereocenters. The predicted octanol–water partition coefficient (Wildman–Crippen LogP) is 11.7. The summed E-state index contributed by atoms with van der Waals surface area (Å²) in [4.78, 5) is 20.4. The Morgan fingerprint density at radius 3 is 1.36 bits per heavy atom. The number of alkyl halides is 3. The lowest BCUT2D eigenvalue weighted by Gasteiger charge is -2.54. The fraction of sp³-hybridized carbons (Fsp3) is 0.167. The van der Waals surface area contributed by atoms with E-state index in [0.29, 0.717) is 4.57 Å². The number of hydrogen-bond acceptors (Lipinski definition) is 4. The molecule has 1 aliphatic rings. The van der Waals surface area contributed by atoms with Gasteiger partial charge >= 0.3 is 6.18 Å². The number of aromatic nitrogens is 2. The molecule has 72 heavy (non-hydrogen) atoms. The summed E-state index contributed by atoms with van der Waals surface area (Å²) in [5, 5.41) is 0. The first kappa shape index (κ1) is 50.9. The van der Waals surface area contributed by atoms with Crippen LogP contribution < -0.4 is 10.5 Å². The van der Waals surface area contributed by atoms with Gasteiger partial charge < -0.3 is 19.9 Å². The molecule has 2 N–H and O–H groups in total. The fourth-order valence-corrected chi connectivity index (χ4v) is 9.18. The van der Waals surface area contributed by atoms with Gasteiger partial charge in [0.2, 0.25) is 11.7 Å². The Bertz CT molecular complexity index is 3230. The topological polar surface area (TPSA) is 73.4 Å². The van der Waals surface area contributed by atoms with Crippen LogP contribution in [0.3, 0.4) is 0 Å². The van der Waals surface area contributed by atoms with Crippen LogP contribution >= 0.6 is 0 Å². The number of nitrogens with two attached hydrogens (primary N) is 1. The van der Waals surface area contributed by atoms with Crippen molar-refractivity contribution in [3.63, 3.8) is 0 Å². The van der Waals surface area contributed by atoms with Gasteiger partial charge in [0.1, 0.15) is 40.3 Å². The molecule has 8 rings (SSSR count). The molecular weight excluding hydrogens is 1010 g/mol.